The molecule has 6 heteroatoms. The van der Waals surface area contributed by atoms with E-state index in [-0.39, 0.29) is 22.2 Å². The van der Waals surface area contributed by atoms with Crippen molar-refractivity contribution in [3.05, 3.63) is 64.2 Å². The summed E-state index contributed by atoms with van der Waals surface area (Å²) in [6.45, 7) is 0.352. The fraction of sp³-hybridized carbons (Fsp3) is 0.125. The predicted octanol–water partition coefficient (Wildman–Crippen LogP) is 2.12. The normalized spacial score (nSPS) is 10.2. The highest BCUT2D eigenvalue weighted by Crippen LogP contribution is 2.18. The molecule has 0 saturated heterocycles. The van der Waals surface area contributed by atoms with Crippen LogP contribution in [0.3, 0.4) is 0 Å². The third-order valence-corrected chi connectivity index (χ3v) is 3.50. The molecular weight excluding hydrogens is 304 g/mol. The molecule has 4 N–H and O–H groups in total. The maximum atomic E-state index is 12.0. The third kappa shape index (κ3) is 3.77. The van der Waals surface area contributed by atoms with Crippen LogP contribution in [0.5, 0.6) is 5.75 Å². The molecule has 0 aliphatic rings. The molecule has 0 saturated carbocycles. The maximum Gasteiger partial charge on any atom is 0.251 e. The number of phenolic OH excluding ortho intramolecular Hbond substituents is 1. The Balaban J connectivity index is 2.00. The highest BCUT2D eigenvalue weighted by molar-refractivity contribution is 6.34. The number of hydrogen-bond acceptors (Lipinski definition) is 3. The van der Waals surface area contributed by atoms with Crippen LogP contribution in [-0.4, -0.2) is 23.5 Å². The Kier molecular flexibility index (Phi) is 5.01. The number of carbonyl (C=O) groups is 2. The monoisotopic (exact) mass is 318 g/mol. The van der Waals surface area contributed by atoms with Gasteiger partial charge in [0.2, 0.25) is 5.91 Å². The van der Waals surface area contributed by atoms with Crippen molar-refractivity contribution in [3.63, 3.8) is 0 Å². The number of halogens is 1. The van der Waals surface area contributed by atoms with Gasteiger partial charge in [-0.3, -0.25) is 9.59 Å². The fourth-order valence-electron chi connectivity index (χ4n) is 1.99. The smallest absolute Gasteiger partial charge is 0.251 e. The molecule has 2 aromatic rings. The second kappa shape index (κ2) is 6.95. The van der Waals surface area contributed by atoms with Crippen molar-refractivity contribution in [1.82, 2.24) is 5.32 Å². The first-order valence-electron chi connectivity index (χ1n) is 6.63. The van der Waals surface area contributed by atoms with E-state index in [2.05, 4.69) is 5.32 Å². The molecule has 0 aliphatic heterocycles. The largest absolute Gasteiger partial charge is 0.508 e. The van der Waals surface area contributed by atoms with Crippen LogP contribution in [0.1, 0.15) is 26.3 Å². The highest BCUT2D eigenvalue weighted by atomic mass is 35.5. The number of rotatable bonds is 5. The van der Waals surface area contributed by atoms with Crippen LogP contribution in [0.25, 0.3) is 0 Å². The number of carbonyl (C=O) groups excluding carboxylic acids is 2. The number of phenols is 1. The molecule has 2 aromatic carbocycles. The minimum absolute atomic E-state index is 0.107. The van der Waals surface area contributed by atoms with Crippen molar-refractivity contribution in [2.45, 2.75) is 6.42 Å². The first-order chi connectivity index (χ1) is 10.5. The molecule has 0 fully saturated rings. The highest BCUT2D eigenvalue weighted by Gasteiger charge is 2.12. The second-order valence-electron chi connectivity index (χ2n) is 4.69. The summed E-state index contributed by atoms with van der Waals surface area (Å²) in [5.41, 5.74) is 6.35. The van der Waals surface area contributed by atoms with E-state index < -0.39 is 5.91 Å². The number of para-hydroxylation sites is 1. The zero-order valence-corrected chi connectivity index (χ0v) is 12.4. The average molecular weight is 319 g/mol. The van der Waals surface area contributed by atoms with Crippen molar-refractivity contribution in [1.29, 1.82) is 0 Å². The van der Waals surface area contributed by atoms with Crippen molar-refractivity contribution in [2.24, 2.45) is 5.73 Å². The van der Waals surface area contributed by atoms with E-state index in [9.17, 15) is 14.7 Å². The maximum absolute atomic E-state index is 12.0. The number of nitrogens with two attached hydrogens (primary N) is 1. The molecule has 0 heterocycles. The summed E-state index contributed by atoms with van der Waals surface area (Å²) >= 11 is 5.84. The molecule has 0 aromatic heterocycles. The quantitative estimate of drug-likeness (QED) is 0.788. The minimum Gasteiger partial charge on any atom is -0.508 e. The number of nitrogens with one attached hydrogen (secondary N) is 1. The Morgan fingerprint density at radius 1 is 1.18 bits per heavy atom. The molecule has 5 nitrogen and oxygen atoms in total. The van der Waals surface area contributed by atoms with E-state index in [1.807, 2.05) is 6.07 Å². The van der Waals surface area contributed by atoms with Crippen molar-refractivity contribution in [2.75, 3.05) is 6.54 Å². The van der Waals surface area contributed by atoms with Crippen molar-refractivity contribution in [3.8, 4) is 5.75 Å². The molecule has 0 aliphatic carbocycles. The van der Waals surface area contributed by atoms with Gasteiger partial charge >= 0.3 is 0 Å². The molecule has 0 unspecified atom stereocenters. The molecule has 114 valence electrons. The number of hydrogen-bond donors (Lipinski definition) is 3. The van der Waals surface area contributed by atoms with Gasteiger partial charge in [0.05, 0.1) is 10.6 Å². The van der Waals surface area contributed by atoms with Crippen molar-refractivity contribution < 1.29 is 14.7 Å². The molecule has 0 spiro atoms. The zero-order valence-electron chi connectivity index (χ0n) is 11.7. The van der Waals surface area contributed by atoms with Gasteiger partial charge in [-0.05, 0) is 36.2 Å². The van der Waals surface area contributed by atoms with E-state index in [1.165, 1.54) is 18.2 Å². The lowest BCUT2D eigenvalue weighted by atomic mass is 10.1. The average Bonchev–Trinajstić information content (AvgIpc) is 2.49. The van der Waals surface area contributed by atoms with Crippen LogP contribution >= 0.6 is 11.6 Å². The lowest BCUT2D eigenvalue weighted by molar-refractivity contribution is 0.0954. The van der Waals surface area contributed by atoms with Crippen LogP contribution in [0.4, 0.5) is 0 Å². The number of amides is 2. The molecule has 0 bridgehead atoms. The van der Waals surface area contributed by atoms with Crippen LogP contribution in [0.2, 0.25) is 5.02 Å². The van der Waals surface area contributed by atoms with Crippen LogP contribution in [0.15, 0.2) is 42.5 Å². The Hall–Kier alpha value is -2.53. The lowest BCUT2D eigenvalue weighted by Crippen LogP contribution is -2.26. The Bertz CT molecular complexity index is 716. The molecule has 22 heavy (non-hydrogen) atoms. The van der Waals surface area contributed by atoms with Gasteiger partial charge < -0.3 is 16.2 Å². The Morgan fingerprint density at radius 2 is 1.91 bits per heavy atom. The van der Waals surface area contributed by atoms with Crippen LogP contribution in [-0.2, 0) is 6.42 Å². The van der Waals surface area contributed by atoms with Crippen LogP contribution < -0.4 is 11.1 Å². The number of primary amides is 1. The summed E-state index contributed by atoms with van der Waals surface area (Å²) in [5.74, 6) is -0.831. The first kappa shape index (κ1) is 15.9. The first-order valence-corrected chi connectivity index (χ1v) is 7.01. The Morgan fingerprint density at radius 3 is 2.59 bits per heavy atom. The Labute approximate surface area is 132 Å². The third-order valence-electron chi connectivity index (χ3n) is 3.17. The SMILES string of the molecule is NC(=O)c1cc(C(=O)NCCc2ccccc2O)ccc1Cl. The minimum atomic E-state index is -0.686. The molecule has 0 atom stereocenters. The zero-order chi connectivity index (χ0) is 16.1. The van der Waals surface area contributed by atoms with E-state index in [0.29, 0.717) is 18.5 Å². The fourth-order valence-corrected chi connectivity index (χ4v) is 2.20. The topological polar surface area (TPSA) is 92.4 Å². The van der Waals surface area contributed by atoms with Gasteiger partial charge in [0.1, 0.15) is 5.75 Å². The summed E-state index contributed by atoms with van der Waals surface area (Å²) in [7, 11) is 0. The lowest BCUT2D eigenvalue weighted by Gasteiger charge is -2.08. The van der Waals surface area contributed by atoms with Gasteiger partial charge in [-0.15, -0.1) is 0 Å². The van der Waals surface area contributed by atoms with Crippen LogP contribution in [0, 0.1) is 0 Å². The van der Waals surface area contributed by atoms with Gasteiger partial charge in [0.15, 0.2) is 0 Å². The predicted molar refractivity (Wildman–Crippen MR) is 84.1 cm³/mol. The van der Waals surface area contributed by atoms with Gasteiger partial charge in [-0.2, -0.15) is 0 Å². The molecule has 2 amide bonds. The molecule has 0 radical (unpaired) electrons. The van der Waals surface area contributed by atoms with E-state index in [0.717, 1.165) is 5.56 Å². The van der Waals surface area contributed by atoms with Gasteiger partial charge in [0.25, 0.3) is 5.91 Å². The second-order valence-corrected chi connectivity index (χ2v) is 5.10. The summed E-state index contributed by atoms with van der Waals surface area (Å²) in [4.78, 5) is 23.2. The number of aromatic hydroxyl groups is 1. The van der Waals surface area contributed by atoms with E-state index >= 15 is 0 Å². The summed E-state index contributed by atoms with van der Waals surface area (Å²) in [6.07, 6.45) is 0.495. The molecule has 2 rings (SSSR count). The summed E-state index contributed by atoms with van der Waals surface area (Å²) in [6, 6.07) is 11.3. The van der Waals surface area contributed by atoms with E-state index in [4.69, 9.17) is 17.3 Å². The standard InChI is InChI=1S/C16H15ClN2O3/c17-13-6-5-11(9-12(13)15(18)21)16(22)19-8-7-10-3-1-2-4-14(10)20/h1-6,9,20H,7-8H2,(H2,18,21)(H,19,22). The van der Waals surface area contributed by atoms with E-state index in [1.54, 1.807) is 18.2 Å². The van der Waals surface area contributed by atoms with Gasteiger partial charge in [0, 0.05) is 12.1 Å². The summed E-state index contributed by atoms with van der Waals surface area (Å²) < 4.78 is 0. The van der Waals surface area contributed by atoms with Gasteiger partial charge in [-0.1, -0.05) is 29.8 Å². The summed E-state index contributed by atoms with van der Waals surface area (Å²) in [5, 5.41) is 12.6. The number of benzene rings is 2. The van der Waals surface area contributed by atoms with Crippen molar-refractivity contribution >= 4 is 23.4 Å². The molecular formula is C16H15ClN2O3. The van der Waals surface area contributed by atoms with Gasteiger partial charge in [-0.25, -0.2) is 0 Å².